The van der Waals surface area contributed by atoms with Crippen LogP contribution in [0.5, 0.6) is 0 Å². The molecule has 0 radical (unpaired) electrons. The Morgan fingerprint density at radius 3 is 2.03 bits per heavy atom. The summed E-state index contributed by atoms with van der Waals surface area (Å²) in [5.74, 6) is 0. The van der Waals surface area contributed by atoms with Gasteiger partial charge in [0.25, 0.3) is 0 Å². The predicted molar refractivity (Wildman–Crippen MR) is 156 cm³/mol. The van der Waals surface area contributed by atoms with Gasteiger partial charge in [0.2, 0.25) is 0 Å². The first-order chi connectivity index (χ1) is 18.2. The molecule has 0 saturated carbocycles. The summed E-state index contributed by atoms with van der Waals surface area (Å²) in [6, 6.07) is 46.2. The Bertz CT molecular complexity index is 1900. The fourth-order valence-electron chi connectivity index (χ4n) is 5.09. The number of hydrogen-bond donors (Lipinski definition) is 0. The van der Waals surface area contributed by atoms with Crippen molar-refractivity contribution in [3.63, 3.8) is 0 Å². The number of rotatable bonds is 4. The van der Waals surface area contributed by atoms with E-state index < -0.39 is 0 Å². The zero-order chi connectivity index (χ0) is 24.8. The Balaban J connectivity index is 1.33. The van der Waals surface area contributed by atoms with Crippen LogP contribution in [0.2, 0.25) is 5.02 Å². The topological polar surface area (TPSA) is 16.4 Å². The number of nitrogens with zero attached hydrogens (tertiary/aromatic N) is 1. The summed E-state index contributed by atoms with van der Waals surface area (Å²) >= 11 is 6.42. The average molecular weight is 496 g/mol. The summed E-state index contributed by atoms with van der Waals surface area (Å²) in [7, 11) is 0. The van der Waals surface area contributed by atoms with Gasteiger partial charge in [-0.3, -0.25) is 0 Å². The molecule has 176 valence electrons. The quantitative estimate of drug-likeness (QED) is 0.241. The van der Waals surface area contributed by atoms with Gasteiger partial charge < -0.3 is 9.32 Å². The molecule has 0 saturated heterocycles. The highest BCUT2D eigenvalue weighted by molar-refractivity contribution is 6.30. The van der Waals surface area contributed by atoms with Crippen LogP contribution >= 0.6 is 11.6 Å². The zero-order valence-corrected chi connectivity index (χ0v) is 20.7. The molecule has 0 bridgehead atoms. The van der Waals surface area contributed by atoms with Crippen molar-refractivity contribution in [3.05, 3.63) is 138 Å². The number of anilines is 3. The van der Waals surface area contributed by atoms with Gasteiger partial charge in [0.05, 0.1) is 0 Å². The molecule has 1 aromatic heterocycles. The lowest BCUT2D eigenvalue weighted by Gasteiger charge is -2.26. The molecule has 0 aliphatic carbocycles. The van der Waals surface area contributed by atoms with Crippen LogP contribution < -0.4 is 4.90 Å². The molecule has 0 N–H and O–H groups in total. The lowest BCUT2D eigenvalue weighted by molar-refractivity contribution is 0.669. The van der Waals surface area contributed by atoms with E-state index in [1.54, 1.807) is 0 Å². The van der Waals surface area contributed by atoms with E-state index in [0.717, 1.165) is 39.0 Å². The van der Waals surface area contributed by atoms with E-state index in [0.29, 0.717) is 5.02 Å². The third-order valence-corrected chi connectivity index (χ3v) is 7.13. The lowest BCUT2D eigenvalue weighted by atomic mass is 10.0. The van der Waals surface area contributed by atoms with Crippen LogP contribution in [0.15, 0.2) is 138 Å². The smallest absolute Gasteiger partial charge is 0.137 e. The minimum atomic E-state index is 0.695. The largest absolute Gasteiger partial charge is 0.456 e. The zero-order valence-electron chi connectivity index (χ0n) is 19.9. The highest BCUT2D eigenvalue weighted by atomic mass is 35.5. The van der Waals surface area contributed by atoms with E-state index >= 15 is 0 Å². The molecule has 0 atom stereocenters. The van der Waals surface area contributed by atoms with Crippen LogP contribution in [0.3, 0.4) is 0 Å². The SMILES string of the molecule is Clc1cccc(N(c2ccc(-c3ccc4ccccc4c3)cc2)c2ccc3c(c2)oc2ccccc23)c1. The van der Waals surface area contributed by atoms with Gasteiger partial charge >= 0.3 is 0 Å². The van der Waals surface area contributed by atoms with Gasteiger partial charge in [-0.05, 0) is 76.5 Å². The molecule has 0 aliphatic rings. The second-order valence-corrected chi connectivity index (χ2v) is 9.64. The van der Waals surface area contributed by atoms with Gasteiger partial charge in [-0.15, -0.1) is 0 Å². The molecule has 0 fully saturated rings. The van der Waals surface area contributed by atoms with Gasteiger partial charge in [-0.2, -0.15) is 0 Å². The highest BCUT2D eigenvalue weighted by Gasteiger charge is 2.16. The molecule has 1 heterocycles. The number of benzene rings is 6. The van der Waals surface area contributed by atoms with Gasteiger partial charge in [-0.25, -0.2) is 0 Å². The van der Waals surface area contributed by atoms with Crippen molar-refractivity contribution < 1.29 is 4.42 Å². The highest BCUT2D eigenvalue weighted by Crippen LogP contribution is 2.39. The summed E-state index contributed by atoms with van der Waals surface area (Å²) in [4.78, 5) is 2.21. The molecule has 0 unspecified atom stereocenters. The monoisotopic (exact) mass is 495 g/mol. The first kappa shape index (κ1) is 21.7. The lowest BCUT2D eigenvalue weighted by Crippen LogP contribution is -2.09. The maximum atomic E-state index is 6.42. The number of hydrogen-bond acceptors (Lipinski definition) is 2. The number of fused-ring (bicyclic) bond motifs is 4. The second-order valence-electron chi connectivity index (χ2n) is 9.20. The normalized spacial score (nSPS) is 11.4. The van der Waals surface area contributed by atoms with Crippen LogP contribution in [-0.4, -0.2) is 0 Å². The van der Waals surface area contributed by atoms with Gasteiger partial charge in [0, 0.05) is 38.9 Å². The van der Waals surface area contributed by atoms with Crippen molar-refractivity contribution in [1.82, 2.24) is 0 Å². The van der Waals surface area contributed by atoms with Gasteiger partial charge in [0.1, 0.15) is 11.2 Å². The summed E-state index contributed by atoms with van der Waals surface area (Å²) in [6.45, 7) is 0. The van der Waals surface area contributed by atoms with Crippen LogP contribution in [-0.2, 0) is 0 Å². The molecule has 0 amide bonds. The summed E-state index contributed by atoms with van der Waals surface area (Å²) in [6.07, 6.45) is 0. The molecule has 0 spiro atoms. The Labute approximate surface area is 220 Å². The van der Waals surface area contributed by atoms with Crippen molar-refractivity contribution in [2.75, 3.05) is 4.90 Å². The molecule has 3 heteroatoms. The maximum absolute atomic E-state index is 6.42. The minimum absolute atomic E-state index is 0.695. The summed E-state index contributed by atoms with van der Waals surface area (Å²) < 4.78 is 6.20. The fourth-order valence-corrected chi connectivity index (χ4v) is 5.27. The van der Waals surface area contributed by atoms with E-state index in [1.165, 1.54) is 21.9 Å². The van der Waals surface area contributed by atoms with Gasteiger partial charge in [-0.1, -0.05) is 84.4 Å². The molecule has 7 rings (SSSR count). The van der Waals surface area contributed by atoms with Crippen molar-refractivity contribution in [3.8, 4) is 11.1 Å². The van der Waals surface area contributed by atoms with Crippen LogP contribution in [0.4, 0.5) is 17.1 Å². The molecule has 37 heavy (non-hydrogen) atoms. The predicted octanol–water partition coefficient (Wildman–Crippen LogP) is 10.5. The third-order valence-electron chi connectivity index (χ3n) is 6.90. The van der Waals surface area contributed by atoms with Crippen molar-refractivity contribution >= 4 is 61.4 Å². The van der Waals surface area contributed by atoms with Crippen LogP contribution in [0.25, 0.3) is 43.8 Å². The van der Waals surface area contributed by atoms with E-state index in [2.05, 4.69) is 102 Å². The third kappa shape index (κ3) is 3.92. The molecular weight excluding hydrogens is 474 g/mol. The molecular formula is C34H22ClNO. The van der Waals surface area contributed by atoms with Crippen molar-refractivity contribution in [2.24, 2.45) is 0 Å². The Kier molecular flexibility index (Phi) is 5.20. The second kappa shape index (κ2) is 8.85. The molecule has 7 aromatic rings. The van der Waals surface area contributed by atoms with Crippen molar-refractivity contribution in [1.29, 1.82) is 0 Å². The Morgan fingerprint density at radius 2 is 1.16 bits per heavy atom. The van der Waals surface area contributed by atoms with E-state index in [9.17, 15) is 0 Å². The first-order valence-electron chi connectivity index (χ1n) is 12.3. The van der Waals surface area contributed by atoms with Crippen LogP contribution in [0.1, 0.15) is 0 Å². The first-order valence-corrected chi connectivity index (χ1v) is 12.7. The Morgan fingerprint density at radius 1 is 0.459 bits per heavy atom. The molecule has 0 aliphatic heterocycles. The maximum Gasteiger partial charge on any atom is 0.137 e. The van der Waals surface area contributed by atoms with Crippen molar-refractivity contribution in [2.45, 2.75) is 0 Å². The number of para-hydroxylation sites is 1. The molecule has 2 nitrogen and oxygen atoms in total. The molecule has 6 aromatic carbocycles. The minimum Gasteiger partial charge on any atom is -0.456 e. The van der Waals surface area contributed by atoms with E-state index in [-0.39, 0.29) is 0 Å². The number of halogens is 1. The summed E-state index contributed by atoms with van der Waals surface area (Å²) in [5, 5.41) is 5.41. The Hall–Kier alpha value is -4.53. The average Bonchev–Trinajstić information content (AvgIpc) is 3.31. The van der Waals surface area contributed by atoms with Crippen LogP contribution in [0, 0.1) is 0 Å². The summed E-state index contributed by atoms with van der Waals surface area (Å²) in [5.41, 5.74) is 7.16. The standard InChI is InChI=1S/C34H22ClNO/c35-27-8-5-9-29(21-27)36(30-18-19-32-31-10-3-4-11-33(31)37-34(32)22-30)28-16-14-24(15-17-28)26-13-12-23-6-1-2-7-25(23)20-26/h1-22H. The van der Waals surface area contributed by atoms with E-state index in [4.69, 9.17) is 16.0 Å². The number of furan rings is 1. The van der Waals surface area contributed by atoms with Gasteiger partial charge in [0.15, 0.2) is 0 Å². The van der Waals surface area contributed by atoms with E-state index in [1.807, 2.05) is 36.4 Å². The fraction of sp³-hybridized carbons (Fsp3) is 0.